The molecule has 3 heteroatoms. The third kappa shape index (κ3) is 4.51. The largest absolute Gasteiger partial charge is 0.455 e. The number of hydrogen-bond acceptors (Lipinski definition) is 1. The first-order valence-corrected chi connectivity index (χ1v) is 7.75. The Morgan fingerprint density at radius 2 is 1.84 bits per heavy atom. The van der Waals surface area contributed by atoms with E-state index < -0.39 is 0 Å². The highest BCUT2D eigenvalue weighted by atomic mass is 79.9. The molecular formula is C16H21BrNO+. The summed E-state index contributed by atoms with van der Waals surface area (Å²) in [5.74, 6) is 2.00. The molecule has 0 saturated carbocycles. The van der Waals surface area contributed by atoms with Crippen LogP contribution in [0.2, 0.25) is 0 Å². The molecule has 1 aromatic carbocycles. The van der Waals surface area contributed by atoms with Gasteiger partial charge in [-0.15, -0.1) is 0 Å². The van der Waals surface area contributed by atoms with E-state index in [4.69, 9.17) is 4.42 Å². The molecule has 2 rings (SSSR count). The van der Waals surface area contributed by atoms with E-state index in [-0.39, 0.29) is 0 Å². The summed E-state index contributed by atoms with van der Waals surface area (Å²) in [6.07, 6.45) is 3.89. The van der Waals surface area contributed by atoms with E-state index in [9.17, 15) is 0 Å². The number of furan rings is 1. The van der Waals surface area contributed by atoms with Gasteiger partial charge in [-0.25, -0.2) is 0 Å². The molecule has 0 bridgehead atoms. The predicted octanol–water partition coefficient (Wildman–Crippen LogP) is 3.96. The number of rotatable bonds is 7. The van der Waals surface area contributed by atoms with Gasteiger partial charge in [-0.3, -0.25) is 0 Å². The molecular weight excluding hydrogens is 302 g/mol. The van der Waals surface area contributed by atoms with Crippen molar-refractivity contribution < 1.29 is 9.73 Å². The molecule has 0 radical (unpaired) electrons. The molecule has 2 N–H and O–H groups in total. The standard InChI is InChI=1S/C16H20BrNO/c1-2-3-4-11-18-12-15-9-10-16(19-15)13-5-7-14(17)8-6-13/h5-10,18H,2-4,11-12H2,1H3/p+1. The summed E-state index contributed by atoms with van der Waals surface area (Å²) >= 11 is 3.44. The zero-order valence-corrected chi connectivity index (χ0v) is 12.9. The van der Waals surface area contributed by atoms with E-state index in [0.29, 0.717) is 0 Å². The lowest BCUT2D eigenvalue weighted by Gasteiger charge is -1.99. The maximum absolute atomic E-state index is 5.87. The Labute approximate surface area is 123 Å². The lowest BCUT2D eigenvalue weighted by atomic mass is 10.2. The van der Waals surface area contributed by atoms with Gasteiger partial charge in [0.2, 0.25) is 0 Å². The summed E-state index contributed by atoms with van der Waals surface area (Å²) < 4.78 is 6.96. The molecule has 0 spiro atoms. The Hall–Kier alpha value is -1.06. The van der Waals surface area contributed by atoms with E-state index in [1.807, 2.05) is 12.1 Å². The second kappa shape index (κ2) is 7.51. The van der Waals surface area contributed by atoms with Crippen LogP contribution in [-0.2, 0) is 6.54 Å². The van der Waals surface area contributed by atoms with E-state index in [2.05, 4.69) is 52.4 Å². The topological polar surface area (TPSA) is 29.8 Å². The Morgan fingerprint density at radius 3 is 2.58 bits per heavy atom. The second-order valence-corrected chi connectivity index (χ2v) is 5.68. The van der Waals surface area contributed by atoms with Crippen LogP contribution in [0.1, 0.15) is 31.9 Å². The molecule has 0 unspecified atom stereocenters. The first-order valence-electron chi connectivity index (χ1n) is 6.96. The lowest BCUT2D eigenvalue weighted by molar-refractivity contribution is -0.672. The summed E-state index contributed by atoms with van der Waals surface area (Å²) in [6.45, 7) is 4.35. The molecule has 2 nitrogen and oxygen atoms in total. The minimum absolute atomic E-state index is 0.931. The van der Waals surface area contributed by atoms with Gasteiger partial charge < -0.3 is 9.73 Å². The summed E-state index contributed by atoms with van der Waals surface area (Å²) in [5, 5.41) is 2.32. The highest BCUT2D eigenvalue weighted by Gasteiger charge is 2.05. The number of nitrogens with two attached hydrogens (primary N) is 1. The molecule has 0 aliphatic heterocycles. The smallest absolute Gasteiger partial charge is 0.158 e. The SMILES string of the molecule is CCCCC[NH2+]Cc1ccc(-c2ccc(Br)cc2)o1. The Bertz CT molecular complexity index is 490. The van der Waals surface area contributed by atoms with Crippen LogP contribution in [-0.4, -0.2) is 6.54 Å². The normalized spacial score (nSPS) is 10.8. The Balaban J connectivity index is 1.86. The minimum Gasteiger partial charge on any atom is -0.455 e. The van der Waals surface area contributed by atoms with Gasteiger partial charge in [0.15, 0.2) is 5.76 Å². The zero-order chi connectivity index (χ0) is 13.5. The van der Waals surface area contributed by atoms with Crippen LogP contribution in [0.3, 0.4) is 0 Å². The summed E-state index contributed by atoms with van der Waals surface area (Å²) in [6, 6.07) is 12.3. The fourth-order valence-electron chi connectivity index (χ4n) is 2.04. The second-order valence-electron chi connectivity index (χ2n) is 4.76. The molecule has 0 saturated heterocycles. The minimum atomic E-state index is 0.931. The highest BCUT2D eigenvalue weighted by Crippen LogP contribution is 2.23. The molecule has 1 heterocycles. The zero-order valence-electron chi connectivity index (χ0n) is 11.4. The summed E-state index contributed by atoms with van der Waals surface area (Å²) in [4.78, 5) is 0. The summed E-state index contributed by atoms with van der Waals surface area (Å²) in [7, 11) is 0. The van der Waals surface area contributed by atoms with Crippen LogP contribution < -0.4 is 5.32 Å². The van der Waals surface area contributed by atoms with Crippen LogP contribution in [0.15, 0.2) is 45.3 Å². The molecule has 102 valence electrons. The van der Waals surface area contributed by atoms with Gasteiger partial charge in [-0.1, -0.05) is 41.4 Å². The maximum atomic E-state index is 5.87. The molecule has 19 heavy (non-hydrogen) atoms. The average Bonchev–Trinajstić information content (AvgIpc) is 2.88. The van der Waals surface area contributed by atoms with E-state index in [0.717, 1.165) is 28.1 Å². The van der Waals surface area contributed by atoms with Crippen molar-refractivity contribution in [3.63, 3.8) is 0 Å². The van der Waals surface area contributed by atoms with Gasteiger partial charge in [-0.05, 0) is 37.1 Å². The highest BCUT2D eigenvalue weighted by molar-refractivity contribution is 9.10. The van der Waals surface area contributed by atoms with Crippen molar-refractivity contribution >= 4 is 15.9 Å². The first-order chi connectivity index (χ1) is 9.29. The molecule has 2 aromatic rings. The van der Waals surface area contributed by atoms with Crippen molar-refractivity contribution in [2.45, 2.75) is 32.7 Å². The fourth-order valence-corrected chi connectivity index (χ4v) is 2.30. The van der Waals surface area contributed by atoms with Crippen LogP contribution in [0.25, 0.3) is 11.3 Å². The van der Waals surface area contributed by atoms with Crippen molar-refractivity contribution in [2.75, 3.05) is 6.54 Å². The molecule has 0 fully saturated rings. The number of hydrogen-bond donors (Lipinski definition) is 1. The molecule has 0 amide bonds. The quantitative estimate of drug-likeness (QED) is 0.768. The predicted molar refractivity (Wildman–Crippen MR) is 81.9 cm³/mol. The number of quaternary nitrogens is 1. The van der Waals surface area contributed by atoms with Crippen molar-refractivity contribution in [1.29, 1.82) is 0 Å². The molecule has 0 atom stereocenters. The third-order valence-electron chi connectivity index (χ3n) is 3.15. The monoisotopic (exact) mass is 322 g/mol. The van der Waals surface area contributed by atoms with Gasteiger partial charge in [0.05, 0.1) is 6.54 Å². The van der Waals surface area contributed by atoms with Gasteiger partial charge >= 0.3 is 0 Å². The van der Waals surface area contributed by atoms with Crippen molar-refractivity contribution in [3.8, 4) is 11.3 Å². The third-order valence-corrected chi connectivity index (χ3v) is 3.68. The van der Waals surface area contributed by atoms with Crippen molar-refractivity contribution in [3.05, 3.63) is 46.6 Å². The lowest BCUT2D eigenvalue weighted by Crippen LogP contribution is -2.82. The molecule has 0 aliphatic carbocycles. The van der Waals surface area contributed by atoms with Gasteiger partial charge in [0.1, 0.15) is 12.3 Å². The van der Waals surface area contributed by atoms with Crippen molar-refractivity contribution in [2.24, 2.45) is 0 Å². The van der Waals surface area contributed by atoms with Crippen LogP contribution in [0.4, 0.5) is 0 Å². The van der Waals surface area contributed by atoms with Crippen LogP contribution in [0, 0.1) is 0 Å². The Kier molecular flexibility index (Phi) is 5.67. The van der Waals surface area contributed by atoms with E-state index >= 15 is 0 Å². The van der Waals surface area contributed by atoms with E-state index in [1.54, 1.807) is 0 Å². The van der Waals surface area contributed by atoms with Gasteiger partial charge in [0.25, 0.3) is 0 Å². The first kappa shape index (κ1) is 14.4. The Morgan fingerprint density at radius 1 is 1.05 bits per heavy atom. The number of benzene rings is 1. The van der Waals surface area contributed by atoms with Crippen molar-refractivity contribution in [1.82, 2.24) is 0 Å². The fraction of sp³-hybridized carbons (Fsp3) is 0.375. The van der Waals surface area contributed by atoms with Gasteiger partial charge in [-0.2, -0.15) is 0 Å². The van der Waals surface area contributed by atoms with Crippen LogP contribution in [0.5, 0.6) is 0 Å². The number of unbranched alkanes of at least 4 members (excludes halogenated alkanes) is 2. The van der Waals surface area contributed by atoms with Gasteiger partial charge in [0, 0.05) is 10.0 Å². The van der Waals surface area contributed by atoms with E-state index in [1.165, 1.54) is 25.8 Å². The summed E-state index contributed by atoms with van der Waals surface area (Å²) in [5.41, 5.74) is 1.13. The molecule has 1 aromatic heterocycles. The average molecular weight is 323 g/mol. The molecule has 0 aliphatic rings. The number of halogens is 1. The maximum Gasteiger partial charge on any atom is 0.158 e. The van der Waals surface area contributed by atoms with Crippen LogP contribution >= 0.6 is 15.9 Å².